The third-order valence-electron chi connectivity index (χ3n) is 6.73. The molecule has 174 valence electrons. The third-order valence-corrected chi connectivity index (χ3v) is 7.03. The zero-order valence-electron chi connectivity index (χ0n) is 19.0. The molecule has 0 aromatic heterocycles. The molecule has 5 rings (SSSR count). The number of carbonyl (C=O) groups excluding carboxylic acids is 2. The lowest BCUT2D eigenvalue weighted by Gasteiger charge is -2.29. The van der Waals surface area contributed by atoms with Crippen LogP contribution in [0.5, 0.6) is 5.75 Å². The van der Waals surface area contributed by atoms with Crippen LogP contribution in [0, 0.1) is 12.8 Å². The zero-order chi connectivity index (χ0) is 23.9. The van der Waals surface area contributed by atoms with Crippen LogP contribution in [0.25, 0.3) is 0 Å². The molecule has 3 N–H and O–H groups in total. The molecule has 0 aliphatic carbocycles. The van der Waals surface area contributed by atoms with Gasteiger partial charge in [-0.3, -0.25) is 14.9 Å². The molecule has 3 atom stereocenters. The van der Waals surface area contributed by atoms with E-state index in [1.807, 2.05) is 37.3 Å². The summed E-state index contributed by atoms with van der Waals surface area (Å²) in [6, 6.07) is 20.9. The lowest BCUT2D eigenvalue weighted by atomic mass is 9.79. The number of benzene rings is 3. The second-order valence-electron chi connectivity index (χ2n) is 8.97. The Labute approximate surface area is 203 Å². The molecule has 1 fully saturated rings. The average Bonchev–Trinajstić information content (AvgIpc) is 3.34. The van der Waals surface area contributed by atoms with Gasteiger partial charge in [0, 0.05) is 17.3 Å². The van der Waals surface area contributed by atoms with Crippen molar-refractivity contribution in [2.45, 2.75) is 31.3 Å². The highest BCUT2D eigenvalue weighted by Gasteiger charge is 2.60. The van der Waals surface area contributed by atoms with Crippen LogP contribution in [0.15, 0.2) is 66.7 Å². The van der Waals surface area contributed by atoms with Crippen LogP contribution in [0.3, 0.4) is 0 Å². The highest BCUT2D eigenvalue weighted by molar-refractivity contribution is 6.35. The predicted molar refractivity (Wildman–Crippen MR) is 133 cm³/mol. The van der Waals surface area contributed by atoms with E-state index in [1.54, 1.807) is 31.4 Å². The molecule has 1 spiro atoms. The largest absolute Gasteiger partial charge is 0.497 e. The van der Waals surface area contributed by atoms with Gasteiger partial charge in [-0.2, -0.15) is 0 Å². The van der Waals surface area contributed by atoms with Crippen LogP contribution >= 0.6 is 11.6 Å². The minimum Gasteiger partial charge on any atom is -0.497 e. The summed E-state index contributed by atoms with van der Waals surface area (Å²) < 4.78 is 5.21. The molecule has 0 radical (unpaired) electrons. The SMILES string of the molecule is COc1ccc(NC(=O)[C@@H]2C[C@H](Cc3ccccc3)N[C@]23C(=O)Nc2c(Cl)cc(C)cc23)cc1. The molecule has 7 heteroatoms. The van der Waals surface area contributed by atoms with Crippen LogP contribution < -0.4 is 20.7 Å². The van der Waals surface area contributed by atoms with Gasteiger partial charge in [0.05, 0.1) is 23.7 Å². The van der Waals surface area contributed by atoms with Gasteiger partial charge >= 0.3 is 0 Å². The predicted octanol–water partition coefficient (Wildman–Crippen LogP) is 4.66. The Balaban J connectivity index is 1.52. The van der Waals surface area contributed by atoms with Crippen molar-refractivity contribution in [3.05, 3.63) is 88.4 Å². The van der Waals surface area contributed by atoms with Gasteiger partial charge in [-0.05, 0) is 61.2 Å². The summed E-state index contributed by atoms with van der Waals surface area (Å²) in [6.07, 6.45) is 1.21. The molecular weight excluding hydrogens is 450 g/mol. The Hall–Kier alpha value is -3.35. The van der Waals surface area contributed by atoms with Crippen molar-refractivity contribution >= 4 is 34.8 Å². The van der Waals surface area contributed by atoms with Crippen LogP contribution in [-0.2, 0) is 21.5 Å². The van der Waals surface area contributed by atoms with Crippen LogP contribution in [0.1, 0.15) is 23.1 Å². The van der Waals surface area contributed by atoms with E-state index >= 15 is 0 Å². The van der Waals surface area contributed by atoms with E-state index in [-0.39, 0.29) is 17.9 Å². The lowest BCUT2D eigenvalue weighted by molar-refractivity contribution is -0.130. The van der Waals surface area contributed by atoms with E-state index in [1.165, 1.54) is 0 Å². The first kappa shape index (κ1) is 22.4. The van der Waals surface area contributed by atoms with Crippen molar-refractivity contribution in [2.24, 2.45) is 5.92 Å². The summed E-state index contributed by atoms with van der Waals surface area (Å²) >= 11 is 6.50. The van der Waals surface area contributed by atoms with Crippen LogP contribution in [-0.4, -0.2) is 25.0 Å². The molecule has 2 aliphatic heterocycles. The summed E-state index contributed by atoms with van der Waals surface area (Å²) in [4.78, 5) is 27.2. The standard InChI is InChI=1S/C27H26ClN3O3/c1-16-12-21-24(23(28)13-16)30-26(33)27(21)22(15-19(31-27)14-17-6-4-3-5-7-17)25(32)29-18-8-10-20(34-2)11-9-18/h3-13,19,22,31H,14-15H2,1-2H3,(H,29,32)(H,30,33)/t19-,22-,27-/m0/s1. The highest BCUT2D eigenvalue weighted by Crippen LogP contribution is 2.50. The summed E-state index contributed by atoms with van der Waals surface area (Å²) in [5.74, 6) is -0.383. The fraction of sp³-hybridized carbons (Fsp3) is 0.259. The monoisotopic (exact) mass is 475 g/mol. The van der Waals surface area contributed by atoms with E-state index in [0.29, 0.717) is 35.0 Å². The Bertz CT molecular complexity index is 1250. The number of ether oxygens (including phenoxy) is 1. The van der Waals surface area contributed by atoms with Crippen molar-refractivity contribution in [3.63, 3.8) is 0 Å². The molecule has 34 heavy (non-hydrogen) atoms. The normalized spacial score (nSPS) is 23.0. The van der Waals surface area contributed by atoms with Crippen molar-refractivity contribution in [1.29, 1.82) is 0 Å². The molecular formula is C27H26ClN3O3. The number of nitrogens with one attached hydrogen (secondary N) is 3. The Morgan fingerprint density at radius 2 is 1.88 bits per heavy atom. The number of fused-ring (bicyclic) bond motifs is 2. The zero-order valence-corrected chi connectivity index (χ0v) is 19.8. The second kappa shape index (κ2) is 8.78. The molecule has 2 heterocycles. The van der Waals surface area contributed by atoms with E-state index < -0.39 is 11.5 Å². The summed E-state index contributed by atoms with van der Waals surface area (Å²) in [5.41, 5.74) is 2.84. The molecule has 0 bridgehead atoms. The highest BCUT2D eigenvalue weighted by atomic mass is 35.5. The fourth-order valence-electron chi connectivity index (χ4n) is 5.19. The van der Waals surface area contributed by atoms with Gasteiger partial charge in [-0.25, -0.2) is 0 Å². The minimum atomic E-state index is -1.19. The maximum absolute atomic E-state index is 13.7. The Morgan fingerprint density at radius 3 is 2.59 bits per heavy atom. The summed E-state index contributed by atoms with van der Waals surface area (Å²) in [5, 5.41) is 9.98. The molecule has 6 nitrogen and oxygen atoms in total. The number of aryl methyl sites for hydroxylation is 1. The van der Waals surface area contributed by atoms with Gasteiger partial charge in [-0.15, -0.1) is 0 Å². The topological polar surface area (TPSA) is 79.5 Å². The van der Waals surface area contributed by atoms with Gasteiger partial charge in [0.25, 0.3) is 0 Å². The number of hydrogen-bond acceptors (Lipinski definition) is 4. The fourth-order valence-corrected chi connectivity index (χ4v) is 5.51. The number of carbonyl (C=O) groups is 2. The smallest absolute Gasteiger partial charge is 0.250 e. The quantitative estimate of drug-likeness (QED) is 0.501. The van der Waals surface area contributed by atoms with Crippen molar-refractivity contribution < 1.29 is 14.3 Å². The van der Waals surface area contributed by atoms with Gasteiger partial charge < -0.3 is 15.4 Å². The Kier molecular flexibility index (Phi) is 5.80. The van der Waals surface area contributed by atoms with Crippen molar-refractivity contribution in [3.8, 4) is 5.75 Å². The van der Waals surface area contributed by atoms with Gasteiger partial charge in [0.1, 0.15) is 11.3 Å². The lowest BCUT2D eigenvalue weighted by Crippen LogP contribution is -2.52. The molecule has 3 aromatic rings. The van der Waals surface area contributed by atoms with E-state index in [2.05, 4.69) is 28.1 Å². The Morgan fingerprint density at radius 1 is 1.15 bits per heavy atom. The number of anilines is 2. The number of hydrogen-bond donors (Lipinski definition) is 3. The summed E-state index contributed by atoms with van der Waals surface area (Å²) in [7, 11) is 1.59. The van der Waals surface area contributed by atoms with Gasteiger partial charge in [-0.1, -0.05) is 48.0 Å². The first-order valence-electron chi connectivity index (χ1n) is 11.3. The molecule has 0 unspecified atom stereocenters. The van der Waals surface area contributed by atoms with E-state index in [9.17, 15) is 9.59 Å². The molecule has 0 saturated carbocycles. The molecule has 2 aliphatic rings. The number of amides is 2. The second-order valence-corrected chi connectivity index (χ2v) is 9.38. The van der Waals surface area contributed by atoms with E-state index in [4.69, 9.17) is 16.3 Å². The van der Waals surface area contributed by atoms with Gasteiger partial charge in [0.15, 0.2) is 0 Å². The minimum absolute atomic E-state index is 0.0648. The first-order valence-corrected chi connectivity index (χ1v) is 11.7. The summed E-state index contributed by atoms with van der Waals surface area (Å²) in [6.45, 7) is 1.94. The third kappa shape index (κ3) is 3.83. The maximum atomic E-state index is 13.7. The molecule has 1 saturated heterocycles. The van der Waals surface area contributed by atoms with Crippen molar-refractivity contribution in [1.82, 2.24) is 5.32 Å². The number of rotatable bonds is 5. The van der Waals surface area contributed by atoms with Crippen LogP contribution in [0.4, 0.5) is 11.4 Å². The van der Waals surface area contributed by atoms with Crippen LogP contribution in [0.2, 0.25) is 5.02 Å². The molecule has 3 aromatic carbocycles. The van der Waals surface area contributed by atoms with E-state index in [0.717, 1.165) is 16.7 Å². The molecule has 2 amide bonds. The first-order chi connectivity index (χ1) is 16.4. The van der Waals surface area contributed by atoms with Gasteiger partial charge in [0.2, 0.25) is 11.8 Å². The van der Waals surface area contributed by atoms with Crippen molar-refractivity contribution in [2.75, 3.05) is 17.7 Å². The average molecular weight is 476 g/mol. The maximum Gasteiger partial charge on any atom is 0.250 e. The number of halogens is 1. The number of methoxy groups -OCH3 is 1.